The molecule has 2 aromatic rings. The van der Waals surface area contributed by atoms with E-state index in [0.717, 1.165) is 18.2 Å². The molecule has 24 heavy (non-hydrogen) atoms. The van der Waals surface area contributed by atoms with Crippen molar-refractivity contribution >= 4 is 6.29 Å². The molecule has 0 radical (unpaired) electrons. The zero-order valence-corrected chi connectivity index (χ0v) is 12.5. The van der Waals surface area contributed by atoms with Crippen molar-refractivity contribution in [3.05, 3.63) is 52.8 Å². The first-order valence-corrected chi connectivity index (χ1v) is 6.81. The summed E-state index contributed by atoms with van der Waals surface area (Å²) < 4.78 is 52.3. The molecular formula is C16H14F4N2O2. The molecule has 4 N–H and O–H groups in total. The van der Waals surface area contributed by atoms with Gasteiger partial charge in [-0.15, -0.1) is 0 Å². The number of aldehydes is 1. The lowest BCUT2D eigenvalue weighted by Gasteiger charge is -2.16. The standard InChI is InChI=1S/C16H14F4N2O2/c1-8(21)12-5-13(15(24-22)6-14(12)17)11-3-2-10(16(18,19)20)4-9(11)7-23/h2-8H,21-22H2,1H3. The van der Waals surface area contributed by atoms with E-state index in [1.54, 1.807) is 6.92 Å². The molecular weight excluding hydrogens is 328 g/mol. The van der Waals surface area contributed by atoms with Gasteiger partial charge in [0.15, 0.2) is 12.0 Å². The van der Waals surface area contributed by atoms with Crippen LogP contribution in [0.1, 0.15) is 34.5 Å². The second-order valence-corrected chi connectivity index (χ2v) is 5.19. The zero-order valence-electron chi connectivity index (χ0n) is 12.5. The van der Waals surface area contributed by atoms with Crippen LogP contribution in [0.5, 0.6) is 5.75 Å². The lowest BCUT2D eigenvalue weighted by Crippen LogP contribution is -2.11. The van der Waals surface area contributed by atoms with Crippen molar-refractivity contribution in [2.75, 3.05) is 0 Å². The van der Waals surface area contributed by atoms with Gasteiger partial charge in [-0.3, -0.25) is 4.79 Å². The predicted octanol–water partition coefficient (Wildman–Crippen LogP) is 3.60. The fraction of sp³-hybridized carbons (Fsp3) is 0.188. The Kier molecular flexibility index (Phi) is 4.91. The average Bonchev–Trinajstić information content (AvgIpc) is 2.52. The van der Waals surface area contributed by atoms with Gasteiger partial charge in [0, 0.05) is 28.8 Å². The van der Waals surface area contributed by atoms with Gasteiger partial charge >= 0.3 is 6.18 Å². The van der Waals surface area contributed by atoms with Crippen LogP contribution >= 0.6 is 0 Å². The van der Waals surface area contributed by atoms with E-state index in [-0.39, 0.29) is 34.3 Å². The van der Waals surface area contributed by atoms with Crippen LogP contribution in [0.2, 0.25) is 0 Å². The quantitative estimate of drug-likeness (QED) is 0.506. The molecule has 4 nitrogen and oxygen atoms in total. The van der Waals surface area contributed by atoms with Crippen LogP contribution in [0.3, 0.4) is 0 Å². The van der Waals surface area contributed by atoms with Gasteiger partial charge in [-0.1, -0.05) is 6.07 Å². The van der Waals surface area contributed by atoms with Gasteiger partial charge in [0.1, 0.15) is 5.82 Å². The SMILES string of the molecule is CC(N)c1cc(-c2ccc(C(F)(F)F)cc2C=O)c(ON)cc1F. The maximum Gasteiger partial charge on any atom is 0.416 e. The highest BCUT2D eigenvalue weighted by atomic mass is 19.4. The summed E-state index contributed by atoms with van der Waals surface area (Å²) in [6, 6.07) is 4.23. The summed E-state index contributed by atoms with van der Waals surface area (Å²) in [5.41, 5.74) is 4.88. The minimum atomic E-state index is -4.59. The molecule has 0 heterocycles. The highest BCUT2D eigenvalue weighted by Gasteiger charge is 2.31. The molecule has 8 heteroatoms. The number of carbonyl (C=O) groups excluding carboxylic acids is 1. The smallest absolute Gasteiger partial charge is 0.411 e. The molecule has 0 spiro atoms. The topological polar surface area (TPSA) is 78.3 Å². The summed E-state index contributed by atoms with van der Waals surface area (Å²) >= 11 is 0. The normalized spacial score (nSPS) is 12.8. The van der Waals surface area contributed by atoms with Crippen LogP contribution in [-0.2, 0) is 6.18 Å². The summed E-state index contributed by atoms with van der Waals surface area (Å²) in [6.07, 6.45) is -4.32. The molecule has 0 saturated carbocycles. The Morgan fingerprint density at radius 1 is 1.17 bits per heavy atom. The third kappa shape index (κ3) is 3.39. The van der Waals surface area contributed by atoms with Crippen molar-refractivity contribution in [2.45, 2.75) is 19.1 Å². The predicted molar refractivity (Wildman–Crippen MR) is 79.6 cm³/mol. The van der Waals surface area contributed by atoms with Gasteiger partial charge in [0.25, 0.3) is 0 Å². The van der Waals surface area contributed by atoms with Gasteiger partial charge in [0.2, 0.25) is 0 Å². The van der Waals surface area contributed by atoms with Gasteiger partial charge in [0.05, 0.1) is 5.56 Å². The summed E-state index contributed by atoms with van der Waals surface area (Å²) in [5.74, 6) is 4.31. The third-order valence-corrected chi connectivity index (χ3v) is 3.51. The number of rotatable bonds is 4. The Morgan fingerprint density at radius 2 is 1.83 bits per heavy atom. The Hall–Kier alpha value is -2.45. The largest absolute Gasteiger partial charge is 0.416 e. The van der Waals surface area contributed by atoms with Gasteiger partial charge in [-0.2, -0.15) is 19.1 Å². The molecule has 0 saturated heterocycles. The van der Waals surface area contributed by atoms with E-state index in [1.807, 2.05) is 0 Å². The van der Waals surface area contributed by atoms with Crippen LogP contribution in [0.15, 0.2) is 30.3 Å². The number of hydrogen-bond donors (Lipinski definition) is 2. The molecule has 0 aliphatic heterocycles. The first kappa shape index (κ1) is 17.9. The average molecular weight is 342 g/mol. The number of hydrogen-bond acceptors (Lipinski definition) is 4. The van der Waals surface area contributed by atoms with E-state index >= 15 is 0 Å². The Labute approximate surface area is 135 Å². The second kappa shape index (κ2) is 6.58. The third-order valence-electron chi connectivity index (χ3n) is 3.51. The first-order chi connectivity index (χ1) is 11.2. The van der Waals surface area contributed by atoms with Crippen LogP contribution in [0.4, 0.5) is 17.6 Å². The molecule has 128 valence electrons. The number of benzene rings is 2. The van der Waals surface area contributed by atoms with Crippen molar-refractivity contribution in [3.8, 4) is 16.9 Å². The van der Waals surface area contributed by atoms with Crippen molar-refractivity contribution in [1.82, 2.24) is 0 Å². The Bertz CT molecular complexity index is 773. The van der Waals surface area contributed by atoms with Crippen LogP contribution in [0.25, 0.3) is 11.1 Å². The van der Waals surface area contributed by atoms with Crippen LogP contribution in [0, 0.1) is 5.82 Å². The molecule has 0 aromatic heterocycles. The van der Waals surface area contributed by atoms with Gasteiger partial charge in [-0.25, -0.2) is 4.39 Å². The molecule has 0 aliphatic carbocycles. The maximum absolute atomic E-state index is 14.0. The molecule has 1 atom stereocenters. The number of carbonyl (C=O) groups is 1. The Balaban J connectivity index is 2.71. The van der Waals surface area contributed by atoms with Crippen LogP contribution < -0.4 is 16.5 Å². The summed E-state index contributed by atoms with van der Waals surface area (Å²) in [4.78, 5) is 15.8. The highest BCUT2D eigenvalue weighted by molar-refractivity contribution is 5.90. The van der Waals surface area contributed by atoms with E-state index in [4.69, 9.17) is 11.6 Å². The van der Waals surface area contributed by atoms with E-state index in [1.165, 1.54) is 6.07 Å². The molecule has 0 fully saturated rings. The number of nitrogens with two attached hydrogens (primary N) is 2. The second-order valence-electron chi connectivity index (χ2n) is 5.19. The summed E-state index contributed by atoms with van der Waals surface area (Å²) in [7, 11) is 0. The fourth-order valence-electron chi connectivity index (χ4n) is 2.31. The number of alkyl halides is 3. The van der Waals surface area contributed by atoms with Gasteiger partial charge < -0.3 is 10.6 Å². The molecule has 0 bridgehead atoms. The summed E-state index contributed by atoms with van der Waals surface area (Å²) in [6.45, 7) is 1.54. The first-order valence-electron chi connectivity index (χ1n) is 6.81. The summed E-state index contributed by atoms with van der Waals surface area (Å²) in [5, 5.41) is 0. The fourth-order valence-corrected chi connectivity index (χ4v) is 2.31. The Morgan fingerprint density at radius 3 is 2.33 bits per heavy atom. The van der Waals surface area contributed by atoms with Gasteiger partial charge in [-0.05, 0) is 30.7 Å². The molecule has 2 rings (SSSR count). The lowest BCUT2D eigenvalue weighted by atomic mass is 9.94. The van der Waals surface area contributed by atoms with E-state index in [2.05, 4.69) is 4.84 Å². The van der Waals surface area contributed by atoms with E-state index in [0.29, 0.717) is 6.07 Å². The molecule has 0 amide bonds. The minimum Gasteiger partial charge on any atom is -0.411 e. The monoisotopic (exact) mass is 342 g/mol. The minimum absolute atomic E-state index is 0.113. The van der Waals surface area contributed by atoms with E-state index in [9.17, 15) is 22.4 Å². The highest BCUT2D eigenvalue weighted by Crippen LogP contribution is 2.38. The maximum atomic E-state index is 14.0. The van der Waals surface area contributed by atoms with E-state index < -0.39 is 23.6 Å². The zero-order chi connectivity index (χ0) is 18.1. The van der Waals surface area contributed by atoms with Crippen LogP contribution in [-0.4, -0.2) is 6.29 Å². The van der Waals surface area contributed by atoms with Crippen molar-refractivity contribution in [2.24, 2.45) is 11.6 Å². The molecule has 2 aromatic carbocycles. The molecule has 1 unspecified atom stereocenters. The van der Waals surface area contributed by atoms with Crippen molar-refractivity contribution in [3.63, 3.8) is 0 Å². The lowest BCUT2D eigenvalue weighted by molar-refractivity contribution is -0.137. The van der Waals surface area contributed by atoms with Crippen molar-refractivity contribution in [1.29, 1.82) is 0 Å². The number of halogens is 4. The van der Waals surface area contributed by atoms with Crippen molar-refractivity contribution < 1.29 is 27.2 Å². The molecule has 0 aliphatic rings.